The number of carbonyl (C=O) groups excluding carboxylic acids is 1. The van der Waals surface area contributed by atoms with Crippen molar-refractivity contribution >= 4 is 17.7 Å². The standard InChI is InChI=1S/C17H20N2O6/c1-11-7-18(8-12(2)25-11)16(20)4-3-13-5-15(19(21)22)6-14-9-23-10-24-17(13)14/h3-6,11-12H,7-10H2,1-2H3/b4-3+. The summed E-state index contributed by atoms with van der Waals surface area (Å²) in [6, 6.07) is 2.83. The molecule has 134 valence electrons. The van der Waals surface area contributed by atoms with Crippen LogP contribution in [0.25, 0.3) is 6.08 Å². The molecule has 0 bridgehead atoms. The van der Waals surface area contributed by atoms with E-state index in [1.54, 1.807) is 11.0 Å². The first kappa shape index (κ1) is 17.4. The van der Waals surface area contributed by atoms with Gasteiger partial charge in [0.05, 0.1) is 23.7 Å². The van der Waals surface area contributed by atoms with E-state index in [1.165, 1.54) is 18.2 Å². The lowest BCUT2D eigenvalue weighted by molar-refractivity contribution is -0.385. The van der Waals surface area contributed by atoms with Crippen LogP contribution in [-0.2, 0) is 20.9 Å². The Morgan fingerprint density at radius 2 is 2.04 bits per heavy atom. The molecule has 2 aliphatic heterocycles. The highest BCUT2D eigenvalue weighted by molar-refractivity contribution is 5.92. The van der Waals surface area contributed by atoms with Gasteiger partial charge in [0.2, 0.25) is 5.91 Å². The van der Waals surface area contributed by atoms with Crippen LogP contribution in [0, 0.1) is 10.1 Å². The molecule has 0 radical (unpaired) electrons. The number of hydrogen-bond donors (Lipinski definition) is 0. The summed E-state index contributed by atoms with van der Waals surface area (Å²) in [6.07, 6.45) is 2.94. The Morgan fingerprint density at radius 1 is 1.32 bits per heavy atom. The Kier molecular flexibility index (Phi) is 5.00. The summed E-state index contributed by atoms with van der Waals surface area (Å²) >= 11 is 0. The number of benzene rings is 1. The zero-order chi connectivity index (χ0) is 18.0. The summed E-state index contributed by atoms with van der Waals surface area (Å²) < 4.78 is 16.3. The molecule has 1 aromatic rings. The highest BCUT2D eigenvalue weighted by atomic mass is 16.7. The molecular weight excluding hydrogens is 328 g/mol. The van der Waals surface area contributed by atoms with Crippen LogP contribution in [0.3, 0.4) is 0 Å². The minimum Gasteiger partial charge on any atom is -0.467 e. The quantitative estimate of drug-likeness (QED) is 0.472. The number of amides is 1. The van der Waals surface area contributed by atoms with E-state index in [0.29, 0.717) is 30.0 Å². The Morgan fingerprint density at radius 3 is 2.72 bits per heavy atom. The Balaban J connectivity index is 1.83. The molecular formula is C17H20N2O6. The monoisotopic (exact) mass is 348 g/mol. The van der Waals surface area contributed by atoms with Crippen molar-refractivity contribution in [2.24, 2.45) is 0 Å². The van der Waals surface area contributed by atoms with E-state index < -0.39 is 4.92 Å². The smallest absolute Gasteiger partial charge is 0.270 e. The van der Waals surface area contributed by atoms with Gasteiger partial charge in [-0.3, -0.25) is 14.9 Å². The summed E-state index contributed by atoms with van der Waals surface area (Å²) in [4.78, 5) is 24.8. The zero-order valence-corrected chi connectivity index (χ0v) is 14.1. The number of carbonyl (C=O) groups is 1. The summed E-state index contributed by atoms with van der Waals surface area (Å²) in [5.74, 6) is 0.360. The van der Waals surface area contributed by atoms with Crippen LogP contribution >= 0.6 is 0 Å². The first-order valence-electron chi connectivity index (χ1n) is 8.08. The third-order valence-corrected chi connectivity index (χ3v) is 4.07. The molecule has 1 saturated heterocycles. The van der Waals surface area contributed by atoms with E-state index in [-0.39, 0.29) is 37.2 Å². The molecule has 0 N–H and O–H groups in total. The molecule has 2 unspecified atom stereocenters. The molecule has 3 rings (SSSR count). The van der Waals surface area contributed by atoms with Gasteiger partial charge in [-0.15, -0.1) is 0 Å². The second kappa shape index (κ2) is 7.20. The molecule has 1 amide bonds. The Bertz CT molecular complexity index is 707. The highest BCUT2D eigenvalue weighted by Gasteiger charge is 2.25. The number of morpholine rings is 1. The molecule has 8 nitrogen and oxygen atoms in total. The van der Waals surface area contributed by atoms with Gasteiger partial charge in [-0.05, 0) is 19.9 Å². The number of non-ortho nitro benzene ring substituents is 1. The van der Waals surface area contributed by atoms with E-state index in [1.807, 2.05) is 13.8 Å². The number of fused-ring (bicyclic) bond motifs is 1. The summed E-state index contributed by atoms with van der Waals surface area (Å²) in [7, 11) is 0. The Hall–Kier alpha value is -2.45. The van der Waals surface area contributed by atoms with Gasteiger partial charge in [0.25, 0.3) is 5.69 Å². The molecule has 1 fully saturated rings. The van der Waals surface area contributed by atoms with Gasteiger partial charge in [-0.1, -0.05) is 0 Å². The van der Waals surface area contributed by atoms with Crippen molar-refractivity contribution in [1.82, 2.24) is 4.90 Å². The van der Waals surface area contributed by atoms with Crippen molar-refractivity contribution in [3.05, 3.63) is 39.4 Å². The fourth-order valence-corrected chi connectivity index (χ4v) is 3.08. The molecule has 0 aliphatic carbocycles. The van der Waals surface area contributed by atoms with Gasteiger partial charge in [0.15, 0.2) is 6.79 Å². The summed E-state index contributed by atoms with van der Waals surface area (Å²) in [5.41, 5.74) is 1.03. The van der Waals surface area contributed by atoms with E-state index >= 15 is 0 Å². The van der Waals surface area contributed by atoms with Crippen LogP contribution in [0.1, 0.15) is 25.0 Å². The van der Waals surface area contributed by atoms with Crippen LogP contribution in [-0.4, -0.2) is 47.8 Å². The van der Waals surface area contributed by atoms with Crippen molar-refractivity contribution in [3.63, 3.8) is 0 Å². The number of nitro groups is 1. The predicted octanol–water partition coefficient (Wildman–Crippen LogP) is 2.11. The first-order chi connectivity index (χ1) is 11.9. The Labute approximate surface area is 145 Å². The van der Waals surface area contributed by atoms with Crippen molar-refractivity contribution in [2.45, 2.75) is 32.7 Å². The zero-order valence-electron chi connectivity index (χ0n) is 14.1. The summed E-state index contributed by atoms with van der Waals surface area (Å²) in [6.45, 7) is 5.20. The molecule has 8 heteroatoms. The van der Waals surface area contributed by atoms with Crippen molar-refractivity contribution in [2.75, 3.05) is 19.9 Å². The molecule has 2 heterocycles. The number of hydrogen-bond acceptors (Lipinski definition) is 6. The highest BCUT2D eigenvalue weighted by Crippen LogP contribution is 2.33. The third kappa shape index (κ3) is 3.97. The van der Waals surface area contributed by atoms with Crippen LogP contribution < -0.4 is 4.74 Å². The largest absolute Gasteiger partial charge is 0.467 e. The van der Waals surface area contributed by atoms with Crippen molar-refractivity contribution in [3.8, 4) is 5.75 Å². The van der Waals surface area contributed by atoms with Crippen LogP contribution in [0.2, 0.25) is 0 Å². The number of nitro benzene ring substituents is 1. The SMILES string of the molecule is CC1CN(C(=O)/C=C/c2cc([N+](=O)[O-])cc3c2OCOC3)CC(C)O1. The van der Waals surface area contributed by atoms with Crippen LogP contribution in [0.5, 0.6) is 5.75 Å². The molecule has 2 atom stereocenters. The topological polar surface area (TPSA) is 91.1 Å². The van der Waals surface area contributed by atoms with Crippen LogP contribution in [0.15, 0.2) is 18.2 Å². The van der Waals surface area contributed by atoms with Gasteiger partial charge in [-0.2, -0.15) is 0 Å². The minimum absolute atomic E-state index is 0.0212. The normalized spacial score (nSPS) is 23.2. The average molecular weight is 348 g/mol. The van der Waals surface area contributed by atoms with E-state index in [2.05, 4.69) is 0 Å². The lowest BCUT2D eigenvalue weighted by Crippen LogP contribution is -2.47. The molecule has 0 spiro atoms. The molecule has 0 saturated carbocycles. The van der Waals surface area contributed by atoms with E-state index in [0.717, 1.165) is 0 Å². The molecule has 0 aromatic heterocycles. The molecule has 1 aromatic carbocycles. The summed E-state index contributed by atoms with van der Waals surface area (Å²) in [5, 5.41) is 11.1. The maximum Gasteiger partial charge on any atom is 0.270 e. The van der Waals surface area contributed by atoms with Crippen molar-refractivity contribution < 1.29 is 23.9 Å². The number of ether oxygens (including phenoxy) is 3. The van der Waals surface area contributed by atoms with Crippen LogP contribution in [0.4, 0.5) is 5.69 Å². The third-order valence-electron chi connectivity index (χ3n) is 4.07. The second-order valence-electron chi connectivity index (χ2n) is 6.22. The lowest BCUT2D eigenvalue weighted by Gasteiger charge is -2.34. The maximum atomic E-state index is 12.4. The van der Waals surface area contributed by atoms with Gasteiger partial charge in [-0.25, -0.2) is 0 Å². The number of nitrogens with zero attached hydrogens (tertiary/aromatic N) is 2. The molecule has 25 heavy (non-hydrogen) atoms. The van der Waals surface area contributed by atoms with Gasteiger partial charge in [0, 0.05) is 42.4 Å². The fraction of sp³-hybridized carbons (Fsp3) is 0.471. The fourth-order valence-electron chi connectivity index (χ4n) is 3.08. The van der Waals surface area contributed by atoms with E-state index in [4.69, 9.17) is 14.2 Å². The minimum atomic E-state index is -0.473. The first-order valence-corrected chi connectivity index (χ1v) is 8.08. The predicted molar refractivity (Wildman–Crippen MR) is 89.0 cm³/mol. The van der Waals surface area contributed by atoms with Gasteiger partial charge >= 0.3 is 0 Å². The van der Waals surface area contributed by atoms with Gasteiger partial charge in [0.1, 0.15) is 5.75 Å². The van der Waals surface area contributed by atoms with Gasteiger partial charge < -0.3 is 19.1 Å². The molecule has 2 aliphatic rings. The van der Waals surface area contributed by atoms with Crippen molar-refractivity contribution in [1.29, 1.82) is 0 Å². The number of rotatable bonds is 3. The van der Waals surface area contributed by atoms with E-state index in [9.17, 15) is 14.9 Å². The lowest BCUT2D eigenvalue weighted by atomic mass is 10.1. The maximum absolute atomic E-state index is 12.4. The average Bonchev–Trinajstić information content (AvgIpc) is 2.58. The second-order valence-corrected chi connectivity index (χ2v) is 6.22.